The van der Waals surface area contributed by atoms with Crippen LogP contribution in [0.15, 0.2) is 42.5 Å². The van der Waals surface area contributed by atoms with Crippen LogP contribution in [0.3, 0.4) is 0 Å². The van der Waals surface area contributed by atoms with Crippen molar-refractivity contribution in [2.45, 2.75) is 19.4 Å². The molecule has 2 aromatic rings. The number of halogens is 2. The summed E-state index contributed by atoms with van der Waals surface area (Å²) in [6.45, 7) is 3.11. The second kappa shape index (κ2) is 9.17. The monoisotopic (exact) mass is 424 g/mol. The van der Waals surface area contributed by atoms with Crippen molar-refractivity contribution < 1.29 is 19.1 Å². The Hall–Kier alpha value is -2.44. The van der Waals surface area contributed by atoms with E-state index in [0.717, 1.165) is 0 Å². The first kappa shape index (κ1) is 21.9. The van der Waals surface area contributed by atoms with Crippen molar-refractivity contribution in [1.29, 1.82) is 0 Å². The fourth-order valence-corrected chi connectivity index (χ4v) is 2.85. The van der Waals surface area contributed by atoms with Crippen LogP contribution < -0.4 is 14.8 Å². The van der Waals surface area contributed by atoms with Gasteiger partial charge in [0.25, 0.3) is 5.91 Å². The van der Waals surface area contributed by atoms with Gasteiger partial charge in [-0.05, 0) is 56.3 Å². The maximum absolute atomic E-state index is 12.8. The van der Waals surface area contributed by atoms with Crippen molar-refractivity contribution in [3.63, 3.8) is 0 Å². The first-order valence-electron chi connectivity index (χ1n) is 8.46. The number of ether oxygens (including phenoxy) is 2. The first-order chi connectivity index (χ1) is 13.1. The van der Waals surface area contributed by atoms with Crippen LogP contribution in [0.2, 0.25) is 10.0 Å². The molecular formula is C20H22Cl2N2O4. The van der Waals surface area contributed by atoms with Gasteiger partial charge >= 0.3 is 0 Å². The van der Waals surface area contributed by atoms with Crippen molar-refractivity contribution in [3.8, 4) is 11.5 Å². The molecule has 2 rings (SSSR count). The van der Waals surface area contributed by atoms with Gasteiger partial charge < -0.3 is 19.7 Å². The van der Waals surface area contributed by atoms with Crippen LogP contribution >= 0.6 is 23.2 Å². The van der Waals surface area contributed by atoms with Crippen LogP contribution in [0.1, 0.15) is 13.8 Å². The van der Waals surface area contributed by atoms with Gasteiger partial charge in [0, 0.05) is 17.1 Å². The molecule has 2 amide bonds. The zero-order valence-electron chi connectivity index (χ0n) is 16.1. The van der Waals surface area contributed by atoms with Crippen molar-refractivity contribution in [2.24, 2.45) is 0 Å². The van der Waals surface area contributed by atoms with E-state index in [-0.39, 0.29) is 12.5 Å². The lowest BCUT2D eigenvalue weighted by molar-refractivity contribution is -0.145. The SMILES string of the molecule is COc1ccc(Cl)cc1NC(=O)CN(C)C(=O)C(C)(C)Oc1ccc(Cl)cc1. The molecule has 6 nitrogen and oxygen atoms in total. The topological polar surface area (TPSA) is 67.9 Å². The summed E-state index contributed by atoms with van der Waals surface area (Å²) in [6.07, 6.45) is 0. The molecule has 0 bridgehead atoms. The van der Waals surface area contributed by atoms with Crippen LogP contribution in [0.4, 0.5) is 5.69 Å². The van der Waals surface area contributed by atoms with Gasteiger partial charge in [0.05, 0.1) is 19.3 Å². The Bertz CT molecular complexity index is 854. The predicted molar refractivity (Wildman–Crippen MR) is 110 cm³/mol. The van der Waals surface area contributed by atoms with Crippen LogP contribution in [0.25, 0.3) is 0 Å². The summed E-state index contributed by atoms with van der Waals surface area (Å²) >= 11 is 11.8. The second-order valence-corrected chi connectivity index (χ2v) is 7.49. The molecule has 0 saturated heterocycles. The van der Waals surface area contributed by atoms with E-state index in [1.165, 1.54) is 19.1 Å². The molecular weight excluding hydrogens is 403 g/mol. The van der Waals surface area contributed by atoms with Gasteiger partial charge in [-0.25, -0.2) is 0 Å². The lowest BCUT2D eigenvalue weighted by Gasteiger charge is -2.30. The number of likely N-dealkylation sites (N-methyl/N-ethyl adjacent to an activating group) is 1. The number of amides is 2. The third-order valence-corrected chi connectivity index (χ3v) is 4.35. The number of nitrogens with one attached hydrogen (secondary N) is 1. The normalized spacial score (nSPS) is 10.9. The molecule has 0 saturated carbocycles. The lowest BCUT2D eigenvalue weighted by atomic mass is 10.1. The highest BCUT2D eigenvalue weighted by molar-refractivity contribution is 6.31. The summed E-state index contributed by atoms with van der Waals surface area (Å²) in [6, 6.07) is 11.6. The fraction of sp³-hybridized carbons (Fsp3) is 0.300. The Balaban J connectivity index is 2.01. The smallest absolute Gasteiger partial charge is 0.266 e. The highest BCUT2D eigenvalue weighted by Gasteiger charge is 2.33. The zero-order chi connectivity index (χ0) is 20.9. The number of anilines is 1. The molecule has 1 N–H and O–H groups in total. The molecule has 0 atom stereocenters. The largest absolute Gasteiger partial charge is 0.495 e. The third-order valence-electron chi connectivity index (χ3n) is 3.86. The highest BCUT2D eigenvalue weighted by atomic mass is 35.5. The third kappa shape index (κ3) is 5.78. The van der Waals surface area contributed by atoms with E-state index in [1.807, 2.05) is 0 Å². The average molecular weight is 425 g/mol. The van der Waals surface area contributed by atoms with Gasteiger partial charge in [-0.1, -0.05) is 23.2 Å². The Morgan fingerprint density at radius 3 is 2.29 bits per heavy atom. The quantitative estimate of drug-likeness (QED) is 0.720. The molecule has 0 fully saturated rings. The van der Waals surface area contributed by atoms with Crippen molar-refractivity contribution >= 4 is 40.7 Å². The van der Waals surface area contributed by atoms with Crippen molar-refractivity contribution in [1.82, 2.24) is 4.90 Å². The van der Waals surface area contributed by atoms with E-state index in [2.05, 4.69) is 5.32 Å². The molecule has 28 heavy (non-hydrogen) atoms. The van der Waals surface area contributed by atoms with E-state index < -0.39 is 11.5 Å². The number of carbonyl (C=O) groups is 2. The average Bonchev–Trinajstić information content (AvgIpc) is 2.63. The minimum Gasteiger partial charge on any atom is -0.495 e. The van der Waals surface area contributed by atoms with Gasteiger partial charge in [0.15, 0.2) is 5.60 Å². The number of hydrogen-bond donors (Lipinski definition) is 1. The Morgan fingerprint density at radius 1 is 1.07 bits per heavy atom. The molecule has 150 valence electrons. The minimum atomic E-state index is -1.17. The van der Waals surface area contributed by atoms with E-state index in [4.69, 9.17) is 32.7 Å². The maximum atomic E-state index is 12.8. The van der Waals surface area contributed by atoms with Gasteiger partial charge in [0.2, 0.25) is 5.91 Å². The Kier molecular flexibility index (Phi) is 7.16. The lowest BCUT2D eigenvalue weighted by Crippen LogP contribution is -2.49. The van der Waals surface area contributed by atoms with Crippen LogP contribution in [0.5, 0.6) is 11.5 Å². The number of rotatable bonds is 7. The summed E-state index contributed by atoms with van der Waals surface area (Å²) in [4.78, 5) is 26.4. The van der Waals surface area contributed by atoms with E-state index in [1.54, 1.807) is 56.3 Å². The second-order valence-electron chi connectivity index (χ2n) is 6.62. The van der Waals surface area contributed by atoms with E-state index in [0.29, 0.717) is 27.2 Å². The number of hydrogen-bond acceptors (Lipinski definition) is 4. The van der Waals surface area contributed by atoms with Crippen molar-refractivity contribution in [3.05, 3.63) is 52.5 Å². The molecule has 0 aliphatic rings. The van der Waals surface area contributed by atoms with Crippen LogP contribution in [-0.4, -0.2) is 43.0 Å². The summed E-state index contributed by atoms with van der Waals surface area (Å²) in [5.41, 5.74) is -0.742. The van der Waals surface area contributed by atoms with Gasteiger partial charge in [-0.2, -0.15) is 0 Å². The van der Waals surface area contributed by atoms with Gasteiger partial charge in [0.1, 0.15) is 11.5 Å². The van der Waals surface area contributed by atoms with Gasteiger partial charge in [-0.15, -0.1) is 0 Å². The summed E-state index contributed by atoms with van der Waals surface area (Å²) in [5, 5.41) is 3.73. The molecule has 2 aromatic carbocycles. The van der Waals surface area contributed by atoms with E-state index in [9.17, 15) is 9.59 Å². The molecule has 8 heteroatoms. The zero-order valence-corrected chi connectivity index (χ0v) is 17.6. The van der Waals surface area contributed by atoms with E-state index >= 15 is 0 Å². The summed E-state index contributed by atoms with van der Waals surface area (Å²) in [7, 11) is 3.02. The van der Waals surface area contributed by atoms with Crippen LogP contribution in [-0.2, 0) is 9.59 Å². The molecule has 0 aliphatic carbocycles. The molecule has 0 aliphatic heterocycles. The summed E-state index contributed by atoms with van der Waals surface area (Å²) in [5.74, 6) is 0.233. The Morgan fingerprint density at radius 2 is 1.68 bits per heavy atom. The fourth-order valence-electron chi connectivity index (χ4n) is 2.56. The standard InChI is InChI=1S/C20H22Cl2N2O4/c1-20(2,28-15-8-5-13(21)6-9-15)19(26)24(3)12-18(25)23-16-11-14(22)7-10-17(16)27-4/h5-11H,12H2,1-4H3,(H,23,25). The van der Waals surface area contributed by atoms with Crippen LogP contribution in [0, 0.1) is 0 Å². The molecule has 0 heterocycles. The highest BCUT2D eigenvalue weighted by Crippen LogP contribution is 2.27. The van der Waals surface area contributed by atoms with Crippen molar-refractivity contribution in [2.75, 3.05) is 26.0 Å². The molecule has 0 radical (unpaired) electrons. The number of benzene rings is 2. The minimum absolute atomic E-state index is 0.165. The molecule has 0 unspecified atom stereocenters. The molecule has 0 aromatic heterocycles. The summed E-state index contributed by atoms with van der Waals surface area (Å²) < 4.78 is 11.0. The van der Waals surface area contributed by atoms with Gasteiger partial charge in [-0.3, -0.25) is 9.59 Å². The molecule has 0 spiro atoms. The predicted octanol–water partition coefficient (Wildman–Crippen LogP) is 4.26. The first-order valence-corrected chi connectivity index (χ1v) is 9.21. The number of nitrogens with zero attached hydrogens (tertiary/aromatic N) is 1. The number of methoxy groups -OCH3 is 1. The Labute approximate surface area is 174 Å². The maximum Gasteiger partial charge on any atom is 0.266 e. The number of carbonyl (C=O) groups excluding carboxylic acids is 2.